The molecule has 0 spiro atoms. The van der Waals surface area contributed by atoms with E-state index in [1.807, 2.05) is 25.1 Å². The van der Waals surface area contributed by atoms with Crippen LogP contribution in [0.3, 0.4) is 0 Å². The average Bonchev–Trinajstić information content (AvgIpc) is 2.37. The SMILES string of the molecule is Cc1cc(N(CCCl)CCCl)ccc1C(N)CC(=O)O. The Balaban J connectivity index is 2.93. The second-order valence-electron chi connectivity index (χ2n) is 4.61. The third-order valence-electron chi connectivity index (χ3n) is 3.12. The molecule has 0 amide bonds. The maximum Gasteiger partial charge on any atom is 0.305 e. The van der Waals surface area contributed by atoms with Crippen LogP contribution in [0, 0.1) is 6.92 Å². The van der Waals surface area contributed by atoms with E-state index >= 15 is 0 Å². The molecule has 0 saturated carbocycles. The third kappa shape index (κ3) is 4.85. The number of carboxylic acid groups (broad SMARTS) is 1. The molecule has 0 saturated heterocycles. The van der Waals surface area contributed by atoms with Crippen LogP contribution in [-0.2, 0) is 4.79 Å². The molecule has 0 heterocycles. The summed E-state index contributed by atoms with van der Waals surface area (Å²) in [6.07, 6.45) is -0.0761. The second kappa shape index (κ2) is 8.35. The predicted molar refractivity (Wildman–Crippen MR) is 84.0 cm³/mol. The van der Waals surface area contributed by atoms with Crippen molar-refractivity contribution in [1.29, 1.82) is 0 Å². The minimum absolute atomic E-state index is 0.0761. The van der Waals surface area contributed by atoms with Crippen molar-refractivity contribution >= 4 is 34.9 Å². The number of anilines is 1. The van der Waals surface area contributed by atoms with Crippen molar-refractivity contribution in [2.24, 2.45) is 5.73 Å². The van der Waals surface area contributed by atoms with Gasteiger partial charge in [0.2, 0.25) is 0 Å². The van der Waals surface area contributed by atoms with Gasteiger partial charge in [-0.1, -0.05) is 6.07 Å². The molecule has 0 aliphatic rings. The van der Waals surface area contributed by atoms with Gasteiger partial charge in [0.05, 0.1) is 6.42 Å². The van der Waals surface area contributed by atoms with Crippen molar-refractivity contribution < 1.29 is 9.90 Å². The molecule has 1 aromatic carbocycles. The molecule has 1 rings (SSSR count). The number of carbonyl (C=O) groups is 1. The van der Waals surface area contributed by atoms with Gasteiger partial charge in [-0.15, -0.1) is 23.2 Å². The topological polar surface area (TPSA) is 66.6 Å². The van der Waals surface area contributed by atoms with Gasteiger partial charge in [0.15, 0.2) is 0 Å². The van der Waals surface area contributed by atoms with Gasteiger partial charge < -0.3 is 15.7 Å². The highest BCUT2D eigenvalue weighted by Gasteiger charge is 2.14. The van der Waals surface area contributed by atoms with Crippen molar-refractivity contribution in [2.75, 3.05) is 29.7 Å². The van der Waals surface area contributed by atoms with Crippen LogP contribution in [0.25, 0.3) is 0 Å². The number of aliphatic carboxylic acids is 1. The standard InChI is InChI=1S/C14H20Cl2N2O2/c1-10-8-11(18(6-4-15)7-5-16)2-3-12(10)13(17)9-14(19)20/h2-3,8,13H,4-7,9,17H2,1H3,(H,19,20). The molecule has 0 aliphatic carbocycles. The third-order valence-corrected chi connectivity index (χ3v) is 3.46. The summed E-state index contributed by atoms with van der Waals surface area (Å²) in [5.41, 5.74) is 8.76. The molecule has 112 valence electrons. The van der Waals surface area contributed by atoms with E-state index in [0.717, 1.165) is 16.8 Å². The number of alkyl halides is 2. The van der Waals surface area contributed by atoms with Crippen molar-refractivity contribution in [1.82, 2.24) is 0 Å². The van der Waals surface area contributed by atoms with Gasteiger partial charge in [-0.3, -0.25) is 4.79 Å². The van der Waals surface area contributed by atoms with Gasteiger partial charge in [-0.25, -0.2) is 0 Å². The van der Waals surface area contributed by atoms with Crippen LogP contribution in [0.4, 0.5) is 5.69 Å². The molecule has 20 heavy (non-hydrogen) atoms. The first-order chi connectivity index (χ1) is 9.49. The number of hydrogen-bond donors (Lipinski definition) is 2. The maximum absolute atomic E-state index is 10.7. The first-order valence-electron chi connectivity index (χ1n) is 6.44. The molecule has 4 nitrogen and oxygen atoms in total. The van der Waals surface area contributed by atoms with Crippen LogP contribution in [0.5, 0.6) is 0 Å². The lowest BCUT2D eigenvalue weighted by atomic mass is 9.98. The van der Waals surface area contributed by atoms with Crippen molar-refractivity contribution in [3.63, 3.8) is 0 Å². The van der Waals surface area contributed by atoms with E-state index in [9.17, 15) is 4.79 Å². The van der Waals surface area contributed by atoms with Crippen molar-refractivity contribution in [3.8, 4) is 0 Å². The Hall–Kier alpha value is -0.970. The van der Waals surface area contributed by atoms with Crippen LogP contribution in [0.1, 0.15) is 23.6 Å². The minimum Gasteiger partial charge on any atom is -0.481 e. The Kier molecular flexibility index (Phi) is 7.13. The molecule has 3 N–H and O–H groups in total. The first kappa shape index (κ1) is 17.1. The Morgan fingerprint density at radius 3 is 2.40 bits per heavy atom. The van der Waals surface area contributed by atoms with E-state index in [1.54, 1.807) is 0 Å². The molecule has 0 bridgehead atoms. The number of aryl methyl sites for hydroxylation is 1. The monoisotopic (exact) mass is 318 g/mol. The Bertz CT molecular complexity index is 449. The zero-order chi connectivity index (χ0) is 15.1. The minimum atomic E-state index is -0.896. The summed E-state index contributed by atoms with van der Waals surface area (Å²) in [5.74, 6) is 0.152. The molecule has 0 aromatic heterocycles. The summed E-state index contributed by atoms with van der Waals surface area (Å²) in [6.45, 7) is 3.36. The summed E-state index contributed by atoms with van der Waals surface area (Å²) in [6, 6.07) is 5.32. The van der Waals surface area contributed by atoms with Crippen molar-refractivity contribution in [2.45, 2.75) is 19.4 Å². The molecule has 0 fully saturated rings. The molecule has 0 aliphatic heterocycles. The van der Waals surface area contributed by atoms with E-state index in [2.05, 4.69) is 4.90 Å². The number of halogens is 2. The normalized spacial score (nSPS) is 12.2. The zero-order valence-corrected chi connectivity index (χ0v) is 13.0. The zero-order valence-electron chi connectivity index (χ0n) is 11.5. The molecule has 1 atom stereocenters. The van der Waals surface area contributed by atoms with Crippen LogP contribution in [0.15, 0.2) is 18.2 Å². The fourth-order valence-electron chi connectivity index (χ4n) is 2.14. The second-order valence-corrected chi connectivity index (χ2v) is 5.37. The molecule has 1 unspecified atom stereocenters. The molecule has 6 heteroatoms. The number of nitrogens with two attached hydrogens (primary N) is 1. The summed E-state index contributed by atoms with van der Waals surface area (Å²) in [5, 5.41) is 8.80. The largest absolute Gasteiger partial charge is 0.481 e. The van der Waals surface area contributed by atoms with E-state index < -0.39 is 12.0 Å². The quantitative estimate of drug-likeness (QED) is 0.723. The smallest absolute Gasteiger partial charge is 0.305 e. The highest BCUT2D eigenvalue weighted by atomic mass is 35.5. The summed E-state index contributed by atoms with van der Waals surface area (Å²) < 4.78 is 0. The number of hydrogen-bond acceptors (Lipinski definition) is 3. The van der Waals surface area contributed by atoms with E-state index in [-0.39, 0.29) is 6.42 Å². The van der Waals surface area contributed by atoms with Gasteiger partial charge in [-0.2, -0.15) is 0 Å². The van der Waals surface area contributed by atoms with E-state index in [1.165, 1.54) is 0 Å². The Labute approximate surface area is 129 Å². The van der Waals surface area contributed by atoms with Gasteiger partial charge in [0.1, 0.15) is 0 Å². The molecule has 1 aromatic rings. The lowest BCUT2D eigenvalue weighted by Gasteiger charge is -2.24. The lowest BCUT2D eigenvalue weighted by Crippen LogP contribution is -2.27. The Morgan fingerprint density at radius 2 is 1.95 bits per heavy atom. The summed E-state index contributed by atoms with van der Waals surface area (Å²) in [4.78, 5) is 12.8. The molecular weight excluding hydrogens is 299 g/mol. The molecular formula is C14H20Cl2N2O2. The van der Waals surface area contributed by atoms with Crippen molar-refractivity contribution in [3.05, 3.63) is 29.3 Å². The Morgan fingerprint density at radius 1 is 1.35 bits per heavy atom. The van der Waals surface area contributed by atoms with Gasteiger partial charge in [0.25, 0.3) is 0 Å². The van der Waals surface area contributed by atoms with Gasteiger partial charge in [-0.05, 0) is 30.2 Å². The highest BCUT2D eigenvalue weighted by molar-refractivity contribution is 6.18. The number of rotatable bonds is 8. The lowest BCUT2D eigenvalue weighted by molar-refractivity contribution is -0.137. The van der Waals surface area contributed by atoms with Crippen LogP contribution in [-0.4, -0.2) is 35.9 Å². The first-order valence-corrected chi connectivity index (χ1v) is 7.51. The fourth-order valence-corrected chi connectivity index (χ4v) is 2.55. The average molecular weight is 319 g/mol. The van der Waals surface area contributed by atoms with Crippen LogP contribution in [0.2, 0.25) is 0 Å². The highest BCUT2D eigenvalue weighted by Crippen LogP contribution is 2.24. The van der Waals surface area contributed by atoms with Gasteiger partial charge in [0, 0.05) is 36.6 Å². The fraction of sp³-hybridized carbons (Fsp3) is 0.500. The summed E-state index contributed by atoms with van der Waals surface area (Å²) >= 11 is 11.6. The summed E-state index contributed by atoms with van der Waals surface area (Å²) in [7, 11) is 0. The predicted octanol–water partition coefficient (Wildman–Crippen LogP) is 2.75. The van der Waals surface area contributed by atoms with Crippen LogP contribution >= 0.6 is 23.2 Å². The van der Waals surface area contributed by atoms with E-state index in [4.69, 9.17) is 34.0 Å². The number of nitrogens with zero attached hydrogens (tertiary/aromatic N) is 1. The molecule has 0 radical (unpaired) electrons. The number of benzene rings is 1. The van der Waals surface area contributed by atoms with Crippen LogP contribution < -0.4 is 10.6 Å². The van der Waals surface area contributed by atoms with Gasteiger partial charge >= 0.3 is 5.97 Å². The van der Waals surface area contributed by atoms with E-state index in [0.29, 0.717) is 24.8 Å². The maximum atomic E-state index is 10.7. The number of carboxylic acids is 1.